The maximum atomic E-state index is 13.9. The van der Waals surface area contributed by atoms with Gasteiger partial charge in [-0.15, -0.1) is 5.10 Å². The fourth-order valence-corrected chi connectivity index (χ4v) is 5.99. The van der Waals surface area contributed by atoms with E-state index in [0.717, 1.165) is 42.7 Å². The van der Waals surface area contributed by atoms with Crippen molar-refractivity contribution < 1.29 is 39.5 Å². The first-order chi connectivity index (χ1) is 20.9. The number of nitrogens with zero attached hydrogens (tertiary/aromatic N) is 6. The van der Waals surface area contributed by atoms with E-state index in [9.17, 15) is 39.5 Å². The molecule has 3 atom stereocenters. The summed E-state index contributed by atoms with van der Waals surface area (Å²) in [6.07, 6.45) is -11.4. The average Bonchev–Trinajstić information content (AvgIpc) is 3.39. The smallest absolute Gasteiger partial charge is 0.330 e. The number of likely N-dealkylation sites (tertiary alicyclic amines) is 1. The highest BCUT2D eigenvalue weighted by molar-refractivity contribution is 5.42. The Morgan fingerprint density at radius 2 is 1.47 bits per heavy atom. The number of halogens is 9. The molecular formula is C30H35F9N6. The monoisotopic (exact) mass is 650 g/mol. The predicted octanol–water partition coefficient (Wildman–Crippen LogP) is 8.43. The normalized spacial score (nSPS) is 19.1. The van der Waals surface area contributed by atoms with Crippen molar-refractivity contribution in [1.29, 1.82) is 0 Å². The number of hydrogen-bond donors (Lipinski definition) is 0. The number of benzene rings is 2. The van der Waals surface area contributed by atoms with Crippen molar-refractivity contribution in [2.75, 3.05) is 11.4 Å². The van der Waals surface area contributed by atoms with Gasteiger partial charge in [0.25, 0.3) is 5.95 Å². The summed E-state index contributed by atoms with van der Waals surface area (Å²) in [5.41, 5.74) is -3.52. The van der Waals surface area contributed by atoms with Crippen molar-refractivity contribution in [3.8, 4) is 0 Å². The van der Waals surface area contributed by atoms with Crippen LogP contribution in [0, 0.1) is 5.92 Å². The molecular weight excluding hydrogens is 615 g/mol. The summed E-state index contributed by atoms with van der Waals surface area (Å²) < 4.78 is 124. The van der Waals surface area contributed by atoms with E-state index < -0.39 is 41.8 Å². The van der Waals surface area contributed by atoms with Gasteiger partial charge in [0.1, 0.15) is 0 Å². The average molecular weight is 651 g/mol. The maximum absolute atomic E-state index is 13.9. The Kier molecular flexibility index (Phi) is 10.1. The van der Waals surface area contributed by atoms with E-state index >= 15 is 0 Å². The lowest BCUT2D eigenvalue weighted by molar-refractivity contribution is -0.143. The molecule has 3 unspecified atom stereocenters. The van der Waals surface area contributed by atoms with Gasteiger partial charge in [-0.05, 0) is 84.3 Å². The molecule has 1 aliphatic rings. The number of anilines is 1. The summed E-state index contributed by atoms with van der Waals surface area (Å²) >= 11 is 0. The second-order valence-electron chi connectivity index (χ2n) is 11.6. The van der Waals surface area contributed by atoms with E-state index in [-0.39, 0.29) is 41.8 Å². The molecule has 3 aromatic rings. The molecule has 0 N–H and O–H groups in total. The molecule has 2 aromatic carbocycles. The Labute approximate surface area is 255 Å². The molecule has 4 rings (SSSR count). The zero-order chi connectivity index (χ0) is 33.3. The largest absolute Gasteiger partial charge is 0.416 e. The van der Waals surface area contributed by atoms with Crippen molar-refractivity contribution in [2.45, 2.75) is 90.2 Å². The number of hydrogen-bond acceptors (Lipinski definition) is 5. The third-order valence-corrected chi connectivity index (χ3v) is 8.38. The van der Waals surface area contributed by atoms with E-state index in [1.54, 1.807) is 0 Å². The van der Waals surface area contributed by atoms with Crippen LogP contribution in [0.5, 0.6) is 0 Å². The van der Waals surface area contributed by atoms with Gasteiger partial charge in [0, 0.05) is 31.7 Å². The van der Waals surface area contributed by atoms with Gasteiger partial charge in [0.2, 0.25) is 0 Å². The van der Waals surface area contributed by atoms with Crippen molar-refractivity contribution >= 4 is 5.95 Å². The second kappa shape index (κ2) is 13.2. The molecule has 6 nitrogen and oxygen atoms in total. The maximum Gasteiger partial charge on any atom is 0.416 e. The zero-order valence-corrected chi connectivity index (χ0v) is 25.2. The van der Waals surface area contributed by atoms with Gasteiger partial charge in [0.05, 0.1) is 23.7 Å². The Morgan fingerprint density at radius 3 is 1.98 bits per heavy atom. The first kappa shape index (κ1) is 34.5. The summed E-state index contributed by atoms with van der Waals surface area (Å²) in [6, 6.07) is 4.46. The molecule has 1 fully saturated rings. The molecule has 0 saturated carbocycles. The lowest BCUT2D eigenvalue weighted by Crippen LogP contribution is -2.44. The fourth-order valence-electron chi connectivity index (χ4n) is 5.99. The first-order valence-electron chi connectivity index (χ1n) is 14.6. The molecule has 0 aliphatic carbocycles. The van der Waals surface area contributed by atoms with Gasteiger partial charge >= 0.3 is 18.5 Å². The predicted molar refractivity (Wildman–Crippen MR) is 149 cm³/mol. The quantitative estimate of drug-likeness (QED) is 0.218. The molecule has 1 aliphatic heterocycles. The van der Waals surface area contributed by atoms with E-state index in [1.165, 1.54) is 18.0 Å². The third kappa shape index (κ3) is 8.27. The van der Waals surface area contributed by atoms with Gasteiger partial charge in [0.15, 0.2) is 0 Å². The van der Waals surface area contributed by atoms with Crippen LogP contribution in [-0.2, 0) is 38.7 Å². The van der Waals surface area contributed by atoms with Gasteiger partial charge in [-0.3, -0.25) is 4.90 Å². The summed E-state index contributed by atoms with van der Waals surface area (Å²) in [5, 5.41) is 11.7. The molecule has 1 saturated heterocycles. The molecule has 0 spiro atoms. The van der Waals surface area contributed by atoms with Crippen LogP contribution in [0.4, 0.5) is 45.5 Å². The lowest BCUT2D eigenvalue weighted by Gasteiger charge is -2.43. The minimum absolute atomic E-state index is 0.0223. The van der Waals surface area contributed by atoms with Crippen LogP contribution in [0.1, 0.15) is 85.9 Å². The summed E-state index contributed by atoms with van der Waals surface area (Å²) in [7, 11) is 1.41. The summed E-state index contributed by atoms with van der Waals surface area (Å²) in [4.78, 5) is 4.55. The highest BCUT2D eigenvalue weighted by atomic mass is 19.4. The van der Waals surface area contributed by atoms with E-state index in [1.807, 2.05) is 6.92 Å². The molecule has 248 valence electrons. The minimum atomic E-state index is -5.07. The van der Waals surface area contributed by atoms with Crippen LogP contribution in [0.3, 0.4) is 0 Å². The first-order valence-corrected chi connectivity index (χ1v) is 14.6. The van der Waals surface area contributed by atoms with E-state index in [0.29, 0.717) is 30.0 Å². The van der Waals surface area contributed by atoms with Crippen molar-refractivity contribution in [3.63, 3.8) is 0 Å². The molecule has 15 heteroatoms. The van der Waals surface area contributed by atoms with Crippen LogP contribution in [0.25, 0.3) is 0 Å². The molecule has 1 aromatic heterocycles. The SMILES string of the molecule is CCC1CCC(C)N(C(CC)c2ccc(C(F)(F)F)cc2CN(Cc2cc(C(F)(F)F)cc(C(F)(F)F)c2)c2nnn(C)n2)C1. The minimum Gasteiger partial charge on any atom is -0.330 e. The van der Waals surface area contributed by atoms with Gasteiger partial charge in [-0.1, -0.05) is 31.4 Å². The van der Waals surface area contributed by atoms with Crippen molar-refractivity contribution in [1.82, 2.24) is 25.1 Å². The Balaban J connectivity index is 1.83. The van der Waals surface area contributed by atoms with E-state index in [2.05, 4.69) is 34.2 Å². The van der Waals surface area contributed by atoms with Crippen molar-refractivity contribution in [3.05, 3.63) is 69.8 Å². The highest BCUT2D eigenvalue weighted by Gasteiger charge is 2.38. The Bertz CT molecular complexity index is 1410. The molecule has 45 heavy (non-hydrogen) atoms. The number of alkyl halides is 9. The lowest BCUT2D eigenvalue weighted by atomic mass is 9.87. The number of rotatable bonds is 9. The number of tetrazole rings is 1. The molecule has 0 bridgehead atoms. The van der Waals surface area contributed by atoms with Gasteiger partial charge in [-0.2, -0.15) is 44.3 Å². The molecule has 0 radical (unpaired) electrons. The topological polar surface area (TPSA) is 50.1 Å². The van der Waals surface area contributed by atoms with Crippen LogP contribution in [0.15, 0.2) is 36.4 Å². The number of aryl methyl sites for hydroxylation is 1. The van der Waals surface area contributed by atoms with Crippen LogP contribution in [0.2, 0.25) is 0 Å². The standard InChI is InChI=1S/C30H35F9N6/c1-5-19-8-7-18(3)45(16-19)26(6-2)25-10-9-22(28(31,32)33)13-21(25)17-44(27-40-42-43(4)41-27)15-20-11-23(29(34,35)36)14-24(12-20)30(37,38)39/h9-14,18-19,26H,5-8,15-17H2,1-4H3. The number of piperidine rings is 1. The van der Waals surface area contributed by atoms with Crippen molar-refractivity contribution in [2.24, 2.45) is 13.0 Å². The van der Waals surface area contributed by atoms with E-state index in [4.69, 9.17) is 0 Å². The Hall–Kier alpha value is -3.36. The summed E-state index contributed by atoms with van der Waals surface area (Å²) in [6.45, 7) is 5.93. The highest BCUT2D eigenvalue weighted by Crippen LogP contribution is 2.40. The van der Waals surface area contributed by atoms with Gasteiger partial charge < -0.3 is 4.90 Å². The van der Waals surface area contributed by atoms with Gasteiger partial charge in [-0.25, -0.2) is 0 Å². The van der Waals surface area contributed by atoms with Crippen LogP contribution in [-0.4, -0.2) is 37.7 Å². The fraction of sp³-hybridized carbons (Fsp3) is 0.567. The second-order valence-corrected chi connectivity index (χ2v) is 11.6. The summed E-state index contributed by atoms with van der Waals surface area (Å²) in [5.74, 6) is 0.245. The zero-order valence-electron chi connectivity index (χ0n) is 25.2. The number of aromatic nitrogens is 4. The van der Waals surface area contributed by atoms with Crippen LogP contribution >= 0.6 is 0 Å². The Morgan fingerprint density at radius 1 is 0.844 bits per heavy atom. The van der Waals surface area contributed by atoms with Crippen LogP contribution < -0.4 is 4.90 Å². The third-order valence-electron chi connectivity index (χ3n) is 8.38. The molecule has 0 amide bonds. The molecule has 2 heterocycles.